The summed E-state index contributed by atoms with van der Waals surface area (Å²) in [5, 5.41) is 6.35. The molecule has 0 aliphatic carbocycles. The van der Waals surface area contributed by atoms with Crippen LogP contribution < -0.4 is 11.1 Å². The Morgan fingerprint density at radius 2 is 1.88 bits per heavy atom. The van der Waals surface area contributed by atoms with E-state index in [9.17, 15) is 4.79 Å². The lowest BCUT2D eigenvalue weighted by atomic mass is 10.2. The fourth-order valence-electron chi connectivity index (χ4n) is 2.95. The van der Waals surface area contributed by atoms with Crippen LogP contribution in [0.4, 0.5) is 5.13 Å². The van der Waals surface area contributed by atoms with Gasteiger partial charge in [-0.2, -0.15) is 0 Å². The van der Waals surface area contributed by atoms with Crippen LogP contribution in [0.25, 0.3) is 10.9 Å². The van der Waals surface area contributed by atoms with Crippen molar-refractivity contribution in [2.75, 3.05) is 5.32 Å². The SMILES string of the molecule is NCc1csc(NC(=O)c2cc3ccccc3n2Cc2ccccc2)n1. The maximum atomic E-state index is 12.9. The van der Waals surface area contributed by atoms with Gasteiger partial charge in [-0.25, -0.2) is 4.98 Å². The molecule has 3 N–H and O–H groups in total. The number of nitrogens with two attached hydrogens (primary N) is 1. The maximum absolute atomic E-state index is 12.9. The summed E-state index contributed by atoms with van der Waals surface area (Å²) in [5.41, 5.74) is 9.15. The van der Waals surface area contributed by atoms with Gasteiger partial charge in [-0.15, -0.1) is 11.3 Å². The van der Waals surface area contributed by atoms with Gasteiger partial charge in [-0.05, 0) is 17.7 Å². The van der Waals surface area contributed by atoms with E-state index in [1.807, 2.05) is 58.5 Å². The molecule has 4 aromatic rings. The molecule has 0 saturated carbocycles. The normalized spacial score (nSPS) is 11.0. The smallest absolute Gasteiger partial charge is 0.274 e. The minimum Gasteiger partial charge on any atom is -0.332 e. The Morgan fingerprint density at radius 1 is 1.12 bits per heavy atom. The molecule has 0 aliphatic heterocycles. The van der Waals surface area contributed by atoms with Crippen LogP contribution in [0.1, 0.15) is 21.7 Å². The minimum atomic E-state index is -0.171. The first-order chi connectivity index (χ1) is 12.7. The van der Waals surface area contributed by atoms with E-state index in [2.05, 4.69) is 22.4 Å². The zero-order valence-corrected chi connectivity index (χ0v) is 14.9. The molecule has 2 heterocycles. The second-order valence-corrected chi connectivity index (χ2v) is 6.82. The van der Waals surface area contributed by atoms with Crippen molar-refractivity contribution in [1.29, 1.82) is 0 Å². The quantitative estimate of drug-likeness (QED) is 0.566. The predicted octanol–water partition coefficient (Wildman–Crippen LogP) is 3.86. The van der Waals surface area contributed by atoms with Gasteiger partial charge in [0.05, 0.1) is 5.69 Å². The van der Waals surface area contributed by atoms with Crippen LogP contribution in [0.5, 0.6) is 0 Å². The Morgan fingerprint density at radius 3 is 2.65 bits per heavy atom. The molecule has 26 heavy (non-hydrogen) atoms. The van der Waals surface area contributed by atoms with Gasteiger partial charge in [-0.1, -0.05) is 48.5 Å². The molecule has 0 spiro atoms. The van der Waals surface area contributed by atoms with Crippen LogP contribution in [0, 0.1) is 0 Å². The third-order valence-corrected chi connectivity index (χ3v) is 5.01. The van der Waals surface area contributed by atoms with Gasteiger partial charge in [0.15, 0.2) is 5.13 Å². The summed E-state index contributed by atoms with van der Waals surface area (Å²) in [6.07, 6.45) is 0. The van der Waals surface area contributed by atoms with Gasteiger partial charge in [0, 0.05) is 29.4 Å². The third-order valence-electron chi connectivity index (χ3n) is 4.21. The summed E-state index contributed by atoms with van der Waals surface area (Å²) in [6, 6.07) is 20.1. The van der Waals surface area contributed by atoms with Crippen LogP contribution in [0.2, 0.25) is 0 Å². The van der Waals surface area contributed by atoms with Crippen LogP contribution >= 0.6 is 11.3 Å². The maximum Gasteiger partial charge on any atom is 0.274 e. The number of aromatic nitrogens is 2. The Balaban J connectivity index is 1.71. The van der Waals surface area contributed by atoms with Gasteiger partial charge in [0.1, 0.15) is 5.69 Å². The second-order valence-electron chi connectivity index (χ2n) is 5.96. The fourth-order valence-corrected chi connectivity index (χ4v) is 3.67. The highest BCUT2D eigenvalue weighted by Crippen LogP contribution is 2.23. The summed E-state index contributed by atoms with van der Waals surface area (Å²) >= 11 is 1.38. The number of rotatable bonds is 5. The molecular weight excluding hydrogens is 344 g/mol. The molecule has 0 unspecified atom stereocenters. The molecule has 0 radical (unpaired) electrons. The standard InChI is InChI=1S/C20H18N4OS/c21-11-16-13-26-20(22-16)23-19(25)18-10-15-8-4-5-9-17(15)24(18)12-14-6-2-1-3-7-14/h1-10,13H,11-12,21H2,(H,22,23,25). The van der Waals surface area contributed by atoms with Crippen molar-refractivity contribution in [3.63, 3.8) is 0 Å². The molecule has 0 fully saturated rings. The monoisotopic (exact) mass is 362 g/mol. The lowest BCUT2D eigenvalue weighted by Crippen LogP contribution is -2.17. The number of amides is 1. The summed E-state index contributed by atoms with van der Waals surface area (Å²) < 4.78 is 2.04. The number of hydrogen-bond acceptors (Lipinski definition) is 4. The van der Waals surface area contributed by atoms with Gasteiger partial charge >= 0.3 is 0 Å². The number of carbonyl (C=O) groups is 1. The van der Waals surface area contributed by atoms with Crippen molar-refractivity contribution in [3.8, 4) is 0 Å². The number of thiazole rings is 1. The Labute approximate surface area is 155 Å². The van der Waals surface area contributed by atoms with Crippen LogP contribution in [-0.4, -0.2) is 15.5 Å². The van der Waals surface area contributed by atoms with Crippen molar-refractivity contribution in [3.05, 3.63) is 83.0 Å². The van der Waals surface area contributed by atoms with E-state index in [-0.39, 0.29) is 5.91 Å². The second kappa shape index (κ2) is 7.11. The first kappa shape index (κ1) is 16.5. The zero-order chi connectivity index (χ0) is 17.9. The van der Waals surface area contributed by atoms with Crippen molar-refractivity contribution < 1.29 is 4.79 Å². The molecule has 1 amide bonds. The van der Waals surface area contributed by atoms with Gasteiger partial charge in [-0.3, -0.25) is 10.1 Å². The number of fused-ring (bicyclic) bond motifs is 1. The van der Waals surface area contributed by atoms with E-state index < -0.39 is 0 Å². The minimum absolute atomic E-state index is 0.171. The average Bonchev–Trinajstić information content (AvgIpc) is 3.27. The number of para-hydroxylation sites is 1. The number of nitrogens with one attached hydrogen (secondary N) is 1. The highest BCUT2D eigenvalue weighted by atomic mass is 32.1. The molecule has 2 aromatic heterocycles. The van der Waals surface area contributed by atoms with Crippen molar-refractivity contribution in [1.82, 2.24) is 9.55 Å². The Bertz CT molecular complexity index is 1050. The number of benzene rings is 2. The molecule has 4 rings (SSSR count). The van der Waals surface area contributed by atoms with E-state index in [0.717, 1.165) is 22.2 Å². The largest absolute Gasteiger partial charge is 0.332 e. The molecule has 0 aliphatic rings. The number of nitrogens with zero attached hydrogens (tertiary/aromatic N) is 2. The molecule has 6 heteroatoms. The van der Waals surface area contributed by atoms with E-state index in [1.54, 1.807) is 0 Å². The predicted molar refractivity (Wildman–Crippen MR) is 105 cm³/mol. The average molecular weight is 362 g/mol. The topological polar surface area (TPSA) is 72.9 Å². The molecule has 5 nitrogen and oxygen atoms in total. The molecule has 0 atom stereocenters. The van der Waals surface area contributed by atoms with Crippen LogP contribution in [0.3, 0.4) is 0 Å². The summed E-state index contributed by atoms with van der Waals surface area (Å²) in [4.78, 5) is 17.2. The van der Waals surface area contributed by atoms with E-state index in [4.69, 9.17) is 5.73 Å². The zero-order valence-electron chi connectivity index (χ0n) is 14.1. The summed E-state index contributed by atoms with van der Waals surface area (Å²) in [7, 11) is 0. The van der Waals surface area contributed by atoms with E-state index in [1.165, 1.54) is 11.3 Å². The summed E-state index contributed by atoms with van der Waals surface area (Å²) in [5.74, 6) is -0.171. The highest BCUT2D eigenvalue weighted by Gasteiger charge is 2.17. The summed E-state index contributed by atoms with van der Waals surface area (Å²) in [6.45, 7) is 0.990. The first-order valence-corrected chi connectivity index (χ1v) is 9.20. The molecular formula is C20H18N4OS. The van der Waals surface area contributed by atoms with Gasteiger partial charge in [0.2, 0.25) is 0 Å². The first-order valence-electron chi connectivity index (χ1n) is 8.32. The lowest BCUT2D eigenvalue weighted by Gasteiger charge is -2.10. The highest BCUT2D eigenvalue weighted by molar-refractivity contribution is 7.13. The molecule has 0 saturated heterocycles. The van der Waals surface area contributed by atoms with Crippen LogP contribution in [0.15, 0.2) is 66.0 Å². The van der Waals surface area contributed by atoms with E-state index >= 15 is 0 Å². The van der Waals surface area contributed by atoms with Crippen LogP contribution in [-0.2, 0) is 13.1 Å². The third kappa shape index (κ3) is 3.24. The molecule has 2 aromatic carbocycles. The fraction of sp³-hybridized carbons (Fsp3) is 0.100. The lowest BCUT2D eigenvalue weighted by molar-refractivity contribution is 0.101. The number of anilines is 1. The molecule has 130 valence electrons. The van der Waals surface area contributed by atoms with Crippen molar-refractivity contribution in [2.24, 2.45) is 5.73 Å². The number of carbonyl (C=O) groups excluding carboxylic acids is 1. The molecule has 0 bridgehead atoms. The van der Waals surface area contributed by atoms with Crippen molar-refractivity contribution >= 4 is 33.3 Å². The number of hydrogen-bond donors (Lipinski definition) is 2. The van der Waals surface area contributed by atoms with Gasteiger partial charge in [0.25, 0.3) is 5.91 Å². The van der Waals surface area contributed by atoms with Gasteiger partial charge < -0.3 is 10.3 Å². The van der Waals surface area contributed by atoms with E-state index in [0.29, 0.717) is 23.9 Å². The Kier molecular flexibility index (Phi) is 4.51. The van der Waals surface area contributed by atoms with Crippen molar-refractivity contribution in [2.45, 2.75) is 13.1 Å². The Hall–Kier alpha value is -2.96.